The van der Waals surface area contributed by atoms with Gasteiger partial charge >= 0.3 is 6.95 Å². The van der Waals surface area contributed by atoms with Crippen LogP contribution in [0, 0.1) is 0 Å². The zero-order valence-electron chi connectivity index (χ0n) is 7.62. The van der Waals surface area contributed by atoms with E-state index in [0.29, 0.717) is 13.2 Å². The Labute approximate surface area is 78.1 Å². The first-order valence-corrected chi connectivity index (χ1v) is 6.18. The van der Waals surface area contributed by atoms with Crippen LogP contribution in [0.1, 0.15) is 20.8 Å². The molecular formula is C6H16ClO4P. The van der Waals surface area contributed by atoms with Crippen molar-refractivity contribution in [2.45, 2.75) is 20.8 Å². The summed E-state index contributed by atoms with van der Waals surface area (Å²) < 4.78 is 19.9. The molecule has 0 bridgehead atoms. The van der Waals surface area contributed by atoms with Gasteiger partial charge in [0.05, 0.1) is 13.2 Å². The van der Waals surface area contributed by atoms with Crippen LogP contribution >= 0.6 is 18.2 Å². The molecule has 6 heteroatoms. The van der Waals surface area contributed by atoms with Gasteiger partial charge in [-0.15, -0.1) is 0 Å². The van der Waals surface area contributed by atoms with E-state index in [1.54, 1.807) is 20.8 Å². The number of aliphatic hydroxyl groups excluding tert-OH is 1. The van der Waals surface area contributed by atoms with E-state index in [1.807, 2.05) is 0 Å². The van der Waals surface area contributed by atoms with Crippen molar-refractivity contribution < 1.29 is 18.7 Å². The Bertz CT molecular complexity index is 121. The quantitative estimate of drug-likeness (QED) is 0.737. The van der Waals surface area contributed by atoms with Crippen molar-refractivity contribution >= 4 is 18.2 Å². The monoisotopic (exact) mass is 218 g/mol. The molecule has 0 aliphatic rings. The summed E-state index contributed by atoms with van der Waals surface area (Å²) in [6.07, 6.45) is 0. The number of halogens is 1. The summed E-state index contributed by atoms with van der Waals surface area (Å²) in [7, 11) is 0. The smallest absolute Gasteiger partial charge is 0.397 e. The largest absolute Gasteiger partial charge is 0.424 e. The van der Waals surface area contributed by atoms with Gasteiger partial charge in [0.2, 0.25) is 0 Å². The third-order valence-electron chi connectivity index (χ3n) is 0.567. The Morgan fingerprint density at radius 1 is 1.25 bits per heavy atom. The van der Waals surface area contributed by atoms with Crippen LogP contribution in [0.25, 0.3) is 0 Å². The molecule has 0 aromatic rings. The second kappa shape index (κ2) is 9.49. The highest BCUT2D eigenvalue weighted by Gasteiger charge is 2.17. The lowest BCUT2D eigenvalue weighted by molar-refractivity contribution is 0.235. The lowest BCUT2D eigenvalue weighted by atomic mass is 10.9. The van der Waals surface area contributed by atoms with E-state index in [4.69, 9.17) is 16.3 Å². The molecule has 0 aliphatic heterocycles. The lowest BCUT2D eigenvalue weighted by Gasteiger charge is -2.06. The Morgan fingerprint density at radius 3 is 1.67 bits per heavy atom. The van der Waals surface area contributed by atoms with Gasteiger partial charge in [0.15, 0.2) is 0 Å². The van der Waals surface area contributed by atoms with E-state index in [-0.39, 0.29) is 6.61 Å². The molecule has 0 amide bonds. The minimum Gasteiger partial charge on any atom is -0.397 e. The Balaban J connectivity index is 0. The minimum absolute atomic E-state index is 0.250. The maximum absolute atomic E-state index is 10.7. The summed E-state index contributed by atoms with van der Waals surface area (Å²) in [4.78, 5) is 0. The number of aliphatic hydroxyl groups is 1. The first kappa shape index (κ1) is 14.9. The van der Waals surface area contributed by atoms with Gasteiger partial charge in [0.1, 0.15) is 0 Å². The second-order valence-corrected chi connectivity index (χ2v) is 4.20. The predicted octanol–water partition coefficient (Wildman–Crippen LogP) is 2.40. The summed E-state index contributed by atoms with van der Waals surface area (Å²) in [5, 5.41) is 7.57. The topological polar surface area (TPSA) is 55.8 Å². The second-order valence-electron chi connectivity index (χ2n) is 1.58. The number of hydrogen-bond acceptors (Lipinski definition) is 4. The summed E-state index contributed by atoms with van der Waals surface area (Å²) in [5.74, 6) is 0. The van der Waals surface area contributed by atoms with E-state index in [0.717, 1.165) is 0 Å². The van der Waals surface area contributed by atoms with Gasteiger partial charge in [-0.1, -0.05) is 0 Å². The number of hydrogen-bond donors (Lipinski definition) is 1. The van der Waals surface area contributed by atoms with Crippen LogP contribution in [0.4, 0.5) is 0 Å². The first-order valence-electron chi connectivity index (χ1n) is 3.73. The standard InChI is InChI=1S/C4H10ClO3P.C2H6O/c1-3-7-9(5,6)8-4-2;1-2-3/h3-4H2,1-2H3;3H,2H2,1H3. The maximum Gasteiger partial charge on any atom is 0.424 e. The molecule has 1 N–H and O–H groups in total. The molecule has 0 aromatic carbocycles. The fourth-order valence-electron chi connectivity index (χ4n) is 0.346. The van der Waals surface area contributed by atoms with Gasteiger partial charge in [0, 0.05) is 17.8 Å². The van der Waals surface area contributed by atoms with Crippen LogP contribution in [-0.4, -0.2) is 24.9 Å². The van der Waals surface area contributed by atoms with Crippen molar-refractivity contribution in [1.29, 1.82) is 0 Å². The molecular weight excluding hydrogens is 202 g/mol. The van der Waals surface area contributed by atoms with Crippen LogP contribution in [0.15, 0.2) is 0 Å². The SMILES string of the molecule is CCO.CCOP(=O)(Cl)OCC. The number of rotatable bonds is 4. The molecule has 0 radical (unpaired) electrons. The van der Waals surface area contributed by atoms with Gasteiger partial charge in [-0.25, -0.2) is 4.57 Å². The summed E-state index contributed by atoms with van der Waals surface area (Å²) in [6.45, 7) is 2.73. The molecule has 0 spiro atoms. The Morgan fingerprint density at radius 2 is 1.50 bits per heavy atom. The van der Waals surface area contributed by atoms with Gasteiger partial charge in [-0.2, -0.15) is 0 Å². The van der Waals surface area contributed by atoms with Gasteiger partial charge in [-0.05, 0) is 20.8 Å². The van der Waals surface area contributed by atoms with E-state index < -0.39 is 6.95 Å². The molecule has 0 atom stereocenters. The van der Waals surface area contributed by atoms with Crippen LogP contribution < -0.4 is 0 Å². The summed E-state index contributed by atoms with van der Waals surface area (Å²) in [5.41, 5.74) is 0. The van der Waals surface area contributed by atoms with Gasteiger partial charge < -0.3 is 5.11 Å². The van der Waals surface area contributed by atoms with Crippen LogP contribution in [0.2, 0.25) is 0 Å². The highest BCUT2D eigenvalue weighted by Crippen LogP contribution is 2.53. The highest BCUT2D eigenvalue weighted by molar-refractivity contribution is 7.81. The average Bonchev–Trinajstić information content (AvgIpc) is 1.88. The Kier molecular flexibility index (Phi) is 11.8. The maximum atomic E-state index is 10.7. The Hall–Kier alpha value is 0.400. The summed E-state index contributed by atoms with van der Waals surface area (Å²) >= 11 is 5.25. The molecule has 12 heavy (non-hydrogen) atoms. The van der Waals surface area contributed by atoms with Crippen molar-refractivity contribution in [3.63, 3.8) is 0 Å². The molecule has 76 valence electrons. The molecule has 0 saturated heterocycles. The molecule has 0 fully saturated rings. The van der Waals surface area contributed by atoms with Crippen LogP contribution in [-0.2, 0) is 13.6 Å². The molecule has 0 unspecified atom stereocenters. The van der Waals surface area contributed by atoms with E-state index in [2.05, 4.69) is 9.05 Å². The highest BCUT2D eigenvalue weighted by atomic mass is 35.7. The van der Waals surface area contributed by atoms with Gasteiger partial charge in [0.25, 0.3) is 0 Å². The van der Waals surface area contributed by atoms with Crippen LogP contribution in [0.5, 0.6) is 0 Å². The molecule has 0 rings (SSSR count). The van der Waals surface area contributed by atoms with Crippen molar-refractivity contribution in [2.75, 3.05) is 19.8 Å². The lowest BCUT2D eigenvalue weighted by Crippen LogP contribution is -1.88. The molecule has 0 heterocycles. The predicted molar refractivity (Wildman–Crippen MR) is 49.5 cm³/mol. The van der Waals surface area contributed by atoms with E-state index in [1.165, 1.54) is 0 Å². The van der Waals surface area contributed by atoms with Crippen molar-refractivity contribution in [1.82, 2.24) is 0 Å². The van der Waals surface area contributed by atoms with Crippen molar-refractivity contribution in [3.8, 4) is 0 Å². The first-order chi connectivity index (χ1) is 5.54. The van der Waals surface area contributed by atoms with E-state index >= 15 is 0 Å². The fraction of sp³-hybridized carbons (Fsp3) is 1.00. The molecule has 0 aromatic heterocycles. The van der Waals surface area contributed by atoms with Crippen LogP contribution in [0.3, 0.4) is 0 Å². The molecule has 0 aliphatic carbocycles. The van der Waals surface area contributed by atoms with Gasteiger partial charge in [-0.3, -0.25) is 9.05 Å². The normalized spacial score (nSPS) is 10.4. The third-order valence-corrected chi connectivity index (χ3v) is 2.29. The zero-order chi connectivity index (χ0) is 10.0. The third kappa shape index (κ3) is 13.0. The zero-order valence-corrected chi connectivity index (χ0v) is 9.27. The van der Waals surface area contributed by atoms with Crippen molar-refractivity contribution in [2.24, 2.45) is 0 Å². The summed E-state index contributed by atoms with van der Waals surface area (Å²) in [6, 6.07) is 0. The molecule has 4 nitrogen and oxygen atoms in total. The molecule has 0 saturated carbocycles. The average molecular weight is 219 g/mol. The minimum atomic E-state index is -3.22. The van der Waals surface area contributed by atoms with E-state index in [9.17, 15) is 4.57 Å². The fourth-order valence-corrected chi connectivity index (χ4v) is 1.62. The van der Waals surface area contributed by atoms with Crippen molar-refractivity contribution in [3.05, 3.63) is 0 Å².